The van der Waals surface area contributed by atoms with E-state index in [0.717, 1.165) is 15.6 Å². The van der Waals surface area contributed by atoms with Gasteiger partial charge in [-0.2, -0.15) is 0 Å². The van der Waals surface area contributed by atoms with Crippen LogP contribution in [0, 0.1) is 0 Å². The van der Waals surface area contributed by atoms with Gasteiger partial charge in [-0.3, -0.25) is 0 Å². The van der Waals surface area contributed by atoms with Gasteiger partial charge in [0, 0.05) is 17.7 Å². The normalized spacial score (nSPS) is 14.1. The molecule has 0 radical (unpaired) electrons. The maximum absolute atomic E-state index is 5.65. The van der Waals surface area contributed by atoms with Gasteiger partial charge < -0.3 is 18.9 Å². The smallest absolute Gasteiger partial charge is 0.155 e. The van der Waals surface area contributed by atoms with Crippen LogP contribution in [0.3, 0.4) is 0 Å². The molecule has 0 heterocycles. The van der Waals surface area contributed by atoms with Crippen molar-refractivity contribution in [2.24, 2.45) is 0 Å². The first-order valence-corrected chi connectivity index (χ1v) is 8.10. The van der Waals surface area contributed by atoms with Crippen molar-refractivity contribution in [3.63, 3.8) is 0 Å². The lowest BCUT2D eigenvalue weighted by molar-refractivity contribution is -0.135. The molecule has 0 aliphatic rings. The Morgan fingerprint density at radius 1 is 0.857 bits per heavy atom. The highest BCUT2D eigenvalue weighted by molar-refractivity contribution is 9.10. The van der Waals surface area contributed by atoms with E-state index in [2.05, 4.69) is 15.9 Å². The quantitative estimate of drug-likeness (QED) is 0.584. The number of halogens is 1. The van der Waals surface area contributed by atoms with E-state index in [1.165, 1.54) is 0 Å². The Balaban J connectivity index is 2.57. The van der Waals surface area contributed by atoms with Gasteiger partial charge in [0.25, 0.3) is 0 Å². The molecule has 2 atom stereocenters. The fraction of sp³-hybridized carbons (Fsp3) is 0.625. The van der Waals surface area contributed by atoms with Gasteiger partial charge in [0.2, 0.25) is 0 Å². The van der Waals surface area contributed by atoms with Crippen LogP contribution in [0.15, 0.2) is 22.7 Å². The van der Waals surface area contributed by atoms with Gasteiger partial charge in [0.1, 0.15) is 0 Å². The molecule has 1 aromatic rings. The van der Waals surface area contributed by atoms with Crippen LogP contribution in [-0.4, -0.2) is 25.8 Å². The number of hydrogen-bond acceptors (Lipinski definition) is 4. The SMILES string of the molecule is CCOC(C)OCc1cccc(COC(C)OCC)c1Br. The van der Waals surface area contributed by atoms with Crippen LogP contribution in [0.2, 0.25) is 0 Å². The van der Waals surface area contributed by atoms with Crippen molar-refractivity contribution in [1.82, 2.24) is 0 Å². The zero-order valence-electron chi connectivity index (χ0n) is 13.2. The molecule has 0 amide bonds. The molecule has 5 heteroatoms. The first-order valence-electron chi connectivity index (χ1n) is 7.31. The van der Waals surface area contributed by atoms with Crippen molar-refractivity contribution in [2.75, 3.05) is 13.2 Å². The minimum absolute atomic E-state index is 0.209. The average Bonchev–Trinajstić information content (AvgIpc) is 2.45. The number of hydrogen-bond donors (Lipinski definition) is 0. The van der Waals surface area contributed by atoms with E-state index >= 15 is 0 Å². The molecule has 1 aromatic carbocycles. The predicted molar refractivity (Wildman–Crippen MR) is 85.9 cm³/mol. The lowest BCUT2D eigenvalue weighted by Crippen LogP contribution is -2.14. The molecule has 0 spiro atoms. The number of ether oxygens (including phenoxy) is 4. The summed E-state index contributed by atoms with van der Waals surface area (Å²) in [4.78, 5) is 0. The van der Waals surface area contributed by atoms with E-state index in [9.17, 15) is 0 Å². The van der Waals surface area contributed by atoms with Gasteiger partial charge >= 0.3 is 0 Å². The van der Waals surface area contributed by atoms with E-state index in [4.69, 9.17) is 18.9 Å². The monoisotopic (exact) mass is 360 g/mol. The molecule has 0 N–H and O–H groups in total. The first kappa shape index (κ1) is 18.6. The minimum atomic E-state index is -0.209. The summed E-state index contributed by atoms with van der Waals surface area (Å²) in [7, 11) is 0. The zero-order valence-corrected chi connectivity index (χ0v) is 14.8. The maximum atomic E-state index is 5.65. The molecule has 120 valence electrons. The van der Waals surface area contributed by atoms with Crippen molar-refractivity contribution in [3.8, 4) is 0 Å². The summed E-state index contributed by atoms with van der Waals surface area (Å²) in [5.41, 5.74) is 2.15. The molecule has 0 saturated carbocycles. The van der Waals surface area contributed by atoms with Gasteiger partial charge in [-0.25, -0.2) is 0 Å². The van der Waals surface area contributed by atoms with Gasteiger partial charge in [-0.15, -0.1) is 0 Å². The standard InChI is InChI=1S/C16H25BrO4/c1-5-18-12(3)20-10-14-8-7-9-15(16(14)17)11-21-13(4)19-6-2/h7-9,12-13H,5-6,10-11H2,1-4H3. The Morgan fingerprint density at radius 2 is 1.29 bits per heavy atom. The van der Waals surface area contributed by atoms with Gasteiger partial charge in [0.05, 0.1) is 13.2 Å². The van der Waals surface area contributed by atoms with Crippen molar-refractivity contribution < 1.29 is 18.9 Å². The maximum Gasteiger partial charge on any atom is 0.155 e. The van der Waals surface area contributed by atoms with Crippen LogP contribution < -0.4 is 0 Å². The third-order valence-corrected chi connectivity index (χ3v) is 3.93. The summed E-state index contributed by atoms with van der Waals surface area (Å²) in [5.74, 6) is 0. The summed E-state index contributed by atoms with van der Waals surface area (Å²) in [6.45, 7) is 9.98. The van der Waals surface area contributed by atoms with Crippen LogP contribution in [0.5, 0.6) is 0 Å². The van der Waals surface area contributed by atoms with Crippen LogP contribution in [0.1, 0.15) is 38.8 Å². The zero-order chi connectivity index (χ0) is 15.7. The van der Waals surface area contributed by atoms with Crippen molar-refractivity contribution in [3.05, 3.63) is 33.8 Å². The molecule has 0 saturated heterocycles. The van der Waals surface area contributed by atoms with Gasteiger partial charge in [0.15, 0.2) is 12.6 Å². The topological polar surface area (TPSA) is 36.9 Å². The summed E-state index contributed by atoms with van der Waals surface area (Å²) < 4.78 is 23.0. The largest absolute Gasteiger partial charge is 0.353 e. The van der Waals surface area contributed by atoms with Crippen LogP contribution in [0.25, 0.3) is 0 Å². The highest BCUT2D eigenvalue weighted by Gasteiger charge is 2.09. The Kier molecular flexibility index (Phi) is 9.11. The summed E-state index contributed by atoms with van der Waals surface area (Å²) >= 11 is 3.62. The Bertz CT molecular complexity index is 377. The van der Waals surface area contributed by atoms with Crippen LogP contribution in [0.4, 0.5) is 0 Å². The highest BCUT2D eigenvalue weighted by atomic mass is 79.9. The fourth-order valence-corrected chi connectivity index (χ4v) is 2.33. The molecule has 0 aliphatic carbocycles. The fourth-order valence-electron chi connectivity index (χ4n) is 1.84. The van der Waals surface area contributed by atoms with Crippen molar-refractivity contribution in [2.45, 2.75) is 53.5 Å². The lowest BCUT2D eigenvalue weighted by Gasteiger charge is -2.16. The summed E-state index contributed by atoms with van der Waals surface area (Å²) in [6.07, 6.45) is -0.417. The van der Waals surface area contributed by atoms with E-state index in [1.807, 2.05) is 45.9 Å². The third-order valence-electron chi connectivity index (χ3n) is 2.91. The van der Waals surface area contributed by atoms with Crippen LogP contribution in [-0.2, 0) is 32.2 Å². The molecule has 0 bridgehead atoms. The molecule has 0 aromatic heterocycles. The lowest BCUT2D eigenvalue weighted by atomic mass is 10.1. The highest BCUT2D eigenvalue weighted by Crippen LogP contribution is 2.24. The average molecular weight is 361 g/mol. The Hall–Kier alpha value is -0.460. The summed E-state index contributed by atoms with van der Waals surface area (Å²) in [5, 5.41) is 0. The third kappa shape index (κ3) is 6.89. The predicted octanol–water partition coefficient (Wildman–Crippen LogP) is 4.25. The second-order valence-electron chi connectivity index (χ2n) is 4.56. The number of benzene rings is 1. The first-order chi connectivity index (χ1) is 10.1. The number of rotatable bonds is 10. The van der Waals surface area contributed by atoms with E-state index in [0.29, 0.717) is 26.4 Å². The minimum Gasteiger partial charge on any atom is -0.353 e. The van der Waals surface area contributed by atoms with Crippen molar-refractivity contribution >= 4 is 15.9 Å². The molecule has 21 heavy (non-hydrogen) atoms. The second kappa shape index (κ2) is 10.3. The molecular weight excluding hydrogens is 336 g/mol. The molecular formula is C16H25BrO4. The molecule has 4 nitrogen and oxygen atoms in total. The van der Waals surface area contributed by atoms with E-state index < -0.39 is 0 Å². The van der Waals surface area contributed by atoms with Crippen molar-refractivity contribution in [1.29, 1.82) is 0 Å². The van der Waals surface area contributed by atoms with E-state index in [1.54, 1.807) is 0 Å². The van der Waals surface area contributed by atoms with Gasteiger partial charge in [-0.05, 0) is 38.8 Å². The van der Waals surface area contributed by atoms with E-state index in [-0.39, 0.29) is 12.6 Å². The molecule has 2 unspecified atom stereocenters. The van der Waals surface area contributed by atoms with Crippen LogP contribution >= 0.6 is 15.9 Å². The van der Waals surface area contributed by atoms with Gasteiger partial charge in [-0.1, -0.05) is 34.1 Å². The molecule has 1 rings (SSSR count). The molecule has 0 aliphatic heterocycles. The Labute approximate surface area is 135 Å². The second-order valence-corrected chi connectivity index (χ2v) is 5.35. The molecule has 0 fully saturated rings. The summed E-state index contributed by atoms with van der Waals surface area (Å²) in [6, 6.07) is 6.05. The Morgan fingerprint density at radius 3 is 1.67 bits per heavy atom.